The molecule has 3 aromatic carbocycles. The van der Waals surface area contributed by atoms with Crippen molar-refractivity contribution in [3.8, 4) is 5.75 Å². The molecule has 1 amide bonds. The number of benzene rings is 3. The van der Waals surface area contributed by atoms with Crippen molar-refractivity contribution < 1.29 is 23.8 Å². The molecule has 5 nitrogen and oxygen atoms in total. The minimum absolute atomic E-state index is 0.0944. The molecule has 3 aromatic rings. The number of hydrogen-bond donors (Lipinski definition) is 2. The molecule has 1 unspecified atom stereocenters. The molecular formula is C28H30FNO4. The summed E-state index contributed by atoms with van der Waals surface area (Å²) in [6.45, 7) is 4.28. The molecule has 0 saturated heterocycles. The van der Waals surface area contributed by atoms with E-state index in [1.165, 1.54) is 6.07 Å². The summed E-state index contributed by atoms with van der Waals surface area (Å²) in [5.74, 6) is -0.741. The molecule has 0 spiro atoms. The van der Waals surface area contributed by atoms with Gasteiger partial charge in [0.15, 0.2) is 0 Å². The number of carboxylic acids is 1. The molecule has 0 aliphatic carbocycles. The number of rotatable bonds is 11. The Morgan fingerprint density at radius 2 is 1.71 bits per heavy atom. The smallest absolute Gasteiger partial charge is 0.303 e. The minimum atomic E-state index is -0.938. The third kappa shape index (κ3) is 7.17. The fourth-order valence-electron chi connectivity index (χ4n) is 3.80. The van der Waals surface area contributed by atoms with E-state index in [1.54, 1.807) is 30.3 Å². The van der Waals surface area contributed by atoms with Gasteiger partial charge < -0.3 is 15.2 Å². The van der Waals surface area contributed by atoms with Crippen LogP contribution in [0.25, 0.3) is 0 Å². The number of nitrogens with one attached hydrogen (secondary N) is 1. The fourth-order valence-corrected chi connectivity index (χ4v) is 3.80. The van der Waals surface area contributed by atoms with E-state index in [-0.39, 0.29) is 37.1 Å². The van der Waals surface area contributed by atoms with Crippen LogP contribution in [-0.2, 0) is 17.8 Å². The van der Waals surface area contributed by atoms with Gasteiger partial charge in [-0.3, -0.25) is 9.59 Å². The zero-order chi connectivity index (χ0) is 24.5. The summed E-state index contributed by atoms with van der Waals surface area (Å²) < 4.78 is 20.3. The molecule has 0 radical (unpaired) electrons. The second kappa shape index (κ2) is 12.0. The molecule has 34 heavy (non-hydrogen) atoms. The van der Waals surface area contributed by atoms with Crippen molar-refractivity contribution in [2.75, 3.05) is 0 Å². The van der Waals surface area contributed by atoms with E-state index in [2.05, 4.69) is 5.32 Å². The van der Waals surface area contributed by atoms with Gasteiger partial charge in [-0.15, -0.1) is 0 Å². The Labute approximate surface area is 199 Å². The lowest BCUT2D eigenvalue weighted by atomic mass is 9.95. The zero-order valence-corrected chi connectivity index (χ0v) is 19.5. The summed E-state index contributed by atoms with van der Waals surface area (Å²) in [4.78, 5) is 24.5. The maximum absolute atomic E-state index is 14.5. The van der Waals surface area contributed by atoms with Crippen LogP contribution in [-0.4, -0.2) is 17.0 Å². The number of para-hydroxylation sites is 1. The molecule has 6 heteroatoms. The molecular weight excluding hydrogens is 433 g/mol. The SMILES string of the molecule is CC(C)CC(NC(=O)c1cc(COc2ccccc2)ccc1CCC(=O)O)c1ccccc1F. The van der Waals surface area contributed by atoms with Gasteiger partial charge in [0.1, 0.15) is 18.2 Å². The van der Waals surface area contributed by atoms with Crippen molar-refractivity contribution in [2.45, 2.75) is 45.8 Å². The van der Waals surface area contributed by atoms with Gasteiger partial charge in [0.25, 0.3) is 5.91 Å². The summed E-state index contributed by atoms with van der Waals surface area (Å²) in [7, 11) is 0. The normalized spacial score (nSPS) is 11.8. The predicted octanol–water partition coefficient (Wildman–Crippen LogP) is 5.94. The van der Waals surface area contributed by atoms with Crippen LogP contribution in [0.4, 0.5) is 4.39 Å². The van der Waals surface area contributed by atoms with Crippen LogP contribution < -0.4 is 10.1 Å². The number of carbonyl (C=O) groups excluding carboxylic acids is 1. The van der Waals surface area contributed by atoms with Crippen LogP contribution in [0, 0.1) is 11.7 Å². The summed E-state index contributed by atoms with van der Waals surface area (Å²) in [5, 5.41) is 12.1. The van der Waals surface area contributed by atoms with Crippen molar-refractivity contribution in [1.82, 2.24) is 5.32 Å². The van der Waals surface area contributed by atoms with Crippen LogP contribution in [0.1, 0.15) is 59.8 Å². The van der Waals surface area contributed by atoms with E-state index in [4.69, 9.17) is 9.84 Å². The standard InChI is InChI=1S/C28H30FNO4/c1-19(2)16-26(23-10-6-7-11-25(23)29)30-28(33)24-17-20(12-13-21(24)14-15-27(31)32)18-34-22-8-4-3-5-9-22/h3-13,17,19,26H,14-16,18H2,1-2H3,(H,30,33)(H,31,32). The first-order valence-electron chi connectivity index (χ1n) is 11.4. The lowest BCUT2D eigenvalue weighted by Crippen LogP contribution is -2.31. The zero-order valence-electron chi connectivity index (χ0n) is 19.5. The molecule has 3 rings (SSSR count). The van der Waals surface area contributed by atoms with E-state index >= 15 is 0 Å². The topological polar surface area (TPSA) is 75.6 Å². The Hall–Kier alpha value is -3.67. The number of carbonyl (C=O) groups is 2. The van der Waals surface area contributed by atoms with Crippen LogP contribution in [0.3, 0.4) is 0 Å². The first kappa shape index (κ1) is 25.0. The number of aryl methyl sites for hydroxylation is 1. The van der Waals surface area contributed by atoms with E-state index in [0.717, 1.165) is 5.56 Å². The average molecular weight is 464 g/mol. The average Bonchev–Trinajstić information content (AvgIpc) is 2.82. The Bertz CT molecular complexity index is 1110. The maximum Gasteiger partial charge on any atom is 0.303 e. The highest BCUT2D eigenvalue weighted by atomic mass is 19.1. The Kier molecular flexibility index (Phi) is 8.79. The predicted molar refractivity (Wildman–Crippen MR) is 129 cm³/mol. The molecule has 0 bridgehead atoms. The van der Waals surface area contributed by atoms with Crippen molar-refractivity contribution in [2.24, 2.45) is 5.92 Å². The first-order chi connectivity index (χ1) is 16.3. The minimum Gasteiger partial charge on any atom is -0.489 e. The lowest BCUT2D eigenvalue weighted by molar-refractivity contribution is -0.136. The summed E-state index contributed by atoms with van der Waals surface area (Å²) in [5.41, 5.74) is 2.21. The maximum atomic E-state index is 14.5. The fraction of sp³-hybridized carbons (Fsp3) is 0.286. The molecule has 0 aromatic heterocycles. The molecule has 0 aliphatic heterocycles. The molecule has 2 N–H and O–H groups in total. The number of amides is 1. The van der Waals surface area contributed by atoms with Crippen molar-refractivity contribution >= 4 is 11.9 Å². The number of hydrogen-bond acceptors (Lipinski definition) is 3. The monoisotopic (exact) mass is 463 g/mol. The summed E-state index contributed by atoms with van der Waals surface area (Å²) in [6.07, 6.45) is 0.684. The van der Waals surface area contributed by atoms with Gasteiger partial charge in [-0.05, 0) is 54.2 Å². The van der Waals surface area contributed by atoms with Gasteiger partial charge in [-0.2, -0.15) is 0 Å². The van der Waals surface area contributed by atoms with Gasteiger partial charge >= 0.3 is 5.97 Å². The third-order valence-electron chi connectivity index (χ3n) is 5.47. The number of carboxylic acid groups (broad SMARTS) is 1. The largest absolute Gasteiger partial charge is 0.489 e. The highest BCUT2D eigenvalue weighted by molar-refractivity contribution is 5.96. The molecule has 0 saturated carbocycles. The van der Waals surface area contributed by atoms with Crippen molar-refractivity contribution in [1.29, 1.82) is 0 Å². The van der Waals surface area contributed by atoms with Crippen molar-refractivity contribution in [3.05, 3.63) is 101 Å². The van der Waals surface area contributed by atoms with Crippen LogP contribution in [0.5, 0.6) is 5.75 Å². The Balaban J connectivity index is 1.87. The van der Waals surface area contributed by atoms with Gasteiger partial charge in [-0.25, -0.2) is 4.39 Å². The number of ether oxygens (including phenoxy) is 1. The summed E-state index contributed by atoms with van der Waals surface area (Å²) in [6, 6.07) is 20.6. The molecule has 0 heterocycles. The second-order valence-electron chi connectivity index (χ2n) is 8.66. The highest BCUT2D eigenvalue weighted by Gasteiger charge is 2.22. The van der Waals surface area contributed by atoms with E-state index < -0.39 is 12.0 Å². The van der Waals surface area contributed by atoms with Gasteiger partial charge in [0, 0.05) is 17.5 Å². The van der Waals surface area contributed by atoms with Crippen LogP contribution in [0.2, 0.25) is 0 Å². The second-order valence-corrected chi connectivity index (χ2v) is 8.66. The number of aliphatic carboxylic acids is 1. The first-order valence-corrected chi connectivity index (χ1v) is 11.4. The Morgan fingerprint density at radius 3 is 2.38 bits per heavy atom. The molecule has 0 aliphatic rings. The van der Waals surface area contributed by atoms with E-state index in [9.17, 15) is 14.0 Å². The lowest BCUT2D eigenvalue weighted by Gasteiger charge is -2.23. The van der Waals surface area contributed by atoms with Crippen molar-refractivity contribution in [3.63, 3.8) is 0 Å². The van der Waals surface area contributed by atoms with Gasteiger partial charge in [0.05, 0.1) is 6.04 Å². The highest BCUT2D eigenvalue weighted by Crippen LogP contribution is 2.25. The molecule has 0 fully saturated rings. The van der Waals surface area contributed by atoms with Crippen LogP contribution in [0.15, 0.2) is 72.8 Å². The van der Waals surface area contributed by atoms with Gasteiger partial charge in [0.2, 0.25) is 0 Å². The van der Waals surface area contributed by atoms with E-state index in [0.29, 0.717) is 28.9 Å². The quantitative estimate of drug-likeness (QED) is 0.369. The third-order valence-corrected chi connectivity index (χ3v) is 5.47. The van der Waals surface area contributed by atoms with Crippen LogP contribution >= 0.6 is 0 Å². The summed E-state index contributed by atoms with van der Waals surface area (Å²) >= 11 is 0. The van der Waals surface area contributed by atoms with Gasteiger partial charge in [-0.1, -0.05) is 62.4 Å². The number of halogens is 1. The molecule has 1 atom stereocenters. The molecule has 178 valence electrons. The van der Waals surface area contributed by atoms with E-state index in [1.807, 2.05) is 50.2 Å². The Morgan fingerprint density at radius 1 is 1.00 bits per heavy atom.